The summed E-state index contributed by atoms with van der Waals surface area (Å²) in [7, 11) is 1.56. The average molecular weight is 316 g/mol. The normalized spacial score (nSPS) is 12.5. The van der Waals surface area contributed by atoms with Crippen molar-refractivity contribution in [3.05, 3.63) is 64.6 Å². The zero-order valence-electron chi connectivity index (χ0n) is 12.1. The van der Waals surface area contributed by atoms with E-state index < -0.39 is 17.4 Å². The fourth-order valence-electron chi connectivity index (χ4n) is 3.20. The highest BCUT2D eigenvalue weighted by atomic mass is 19.4. The molecule has 0 aliphatic heterocycles. The number of alkyl halides is 3. The summed E-state index contributed by atoms with van der Waals surface area (Å²) in [6.07, 6.45) is -4.55. The molecule has 0 unspecified atom stereocenters. The SMILES string of the molecule is Cn1c(=O)n2c3ccccc3c(C(F)(F)F)c2c2ccccc21. The van der Waals surface area contributed by atoms with Crippen LogP contribution < -0.4 is 5.69 Å². The number of fused-ring (bicyclic) bond motifs is 5. The minimum absolute atomic E-state index is 0.0356. The second-order valence-electron chi connectivity index (χ2n) is 5.43. The molecule has 2 heterocycles. The number of rotatable bonds is 0. The first-order valence-electron chi connectivity index (χ1n) is 6.99. The summed E-state index contributed by atoms with van der Waals surface area (Å²) in [5.74, 6) is 0. The molecule has 2 aromatic carbocycles. The molecular weight excluding hydrogens is 305 g/mol. The highest BCUT2D eigenvalue weighted by Gasteiger charge is 2.37. The molecule has 0 atom stereocenters. The van der Waals surface area contributed by atoms with Crippen molar-refractivity contribution in [1.82, 2.24) is 8.97 Å². The van der Waals surface area contributed by atoms with Crippen molar-refractivity contribution in [2.24, 2.45) is 7.05 Å². The van der Waals surface area contributed by atoms with Crippen molar-refractivity contribution in [3.63, 3.8) is 0 Å². The Morgan fingerprint density at radius 2 is 1.43 bits per heavy atom. The lowest BCUT2D eigenvalue weighted by molar-refractivity contribution is -0.135. The molecule has 116 valence electrons. The van der Waals surface area contributed by atoms with Crippen molar-refractivity contribution in [1.29, 1.82) is 0 Å². The lowest BCUT2D eigenvalue weighted by Crippen LogP contribution is -2.24. The monoisotopic (exact) mass is 316 g/mol. The standard InChI is InChI=1S/C17H11F3N2O/c1-21-12-8-4-3-7-11(12)15-14(17(18,19)20)10-6-2-5-9-13(10)22(15)16(21)23/h2-9H,1H3. The number of aryl methyl sites for hydroxylation is 1. The second-order valence-corrected chi connectivity index (χ2v) is 5.43. The number of halogens is 3. The van der Waals surface area contributed by atoms with E-state index >= 15 is 0 Å². The third-order valence-corrected chi connectivity index (χ3v) is 4.16. The van der Waals surface area contributed by atoms with Gasteiger partial charge in [-0.05, 0) is 12.1 Å². The lowest BCUT2D eigenvalue weighted by atomic mass is 10.1. The summed E-state index contributed by atoms with van der Waals surface area (Å²) in [4.78, 5) is 12.7. The first-order chi connectivity index (χ1) is 10.9. The fraction of sp³-hybridized carbons (Fsp3) is 0.118. The summed E-state index contributed by atoms with van der Waals surface area (Å²) < 4.78 is 43.7. The zero-order chi connectivity index (χ0) is 16.4. The molecule has 0 fully saturated rings. The fourth-order valence-corrected chi connectivity index (χ4v) is 3.20. The van der Waals surface area contributed by atoms with E-state index in [0.717, 1.165) is 4.40 Å². The lowest BCUT2D eigenvalue weighted by Gasteiger charge is -2.10. The first-order valence-corrected chi connectivity index (χ1v) is 6.99. The van der Waals surface area contributed by atoms with Crippen molar-refractivity contribution in [2.45, 2.75) is 6.18 Å². The van der Waals surface area contributed by atoms with Crippen LogP contribution in [0.25, 0.3) is 27.3 Å². The summed E-state index contributed by atoms with van der Waals surface area (Å²) in [6.45, 7) is 0. The Kier molecular flexibility index (Phi) is 2.64. The smallest absolute Gasteiger partial charge is 0.296 e. The molecule has 0 saturated heterocycles. The van der Waals surface area contributed by atoms with E-state index in [1.54, 1.807) is 43.4 Å². The minimum atomic E-state index is -4.55. The van der Waals surface area contributed by atoms with E-state index in [9.17, 15) is 18.0 Å². The van der Waals surface area contributed by atoms with E-state index in [2.05, 4.69) is 0 Å². The second kappa shape index (κ2) is 4.38. The van der Waals surface area contributed by atoms with Crippen LogP contribution in [0.15, 0.2) is 53.3 Å². The van der Waals surface area contributed by atoms with Gasteiger partial charge in [-0.1, -0.05) is 36.4 Å². The number of aromatic nitrogens is 2. The molecule has 0 radical (unpaired) electrons. The predicted molar refractivity (Wildman–Crippen MR) is 82.7 cm³/mol. The molecular formula is C17H11F3N2O. The molecule has 2 aromatic heterocycles. The van der Waals surface area contributed by atoms with Crippen molar-refractivity contribution in [3.8, 4) is 0 Å². The Morgan fingerprint density at radius 3 is 2.09 bits per heavy atom. The van der Waals surface area contributed by atoms with Gasteiger partial charge in [-0.2, -0.15) is 13.2 Å². The van der Waals surface area contributed by atoms with Gasteiger partial charge >= 0.3 is 11.9 Å². The molecule has 23 heavy (non-hydrogen) atoms. The maximum absolute atomic E-state index is 13.7. The number of hydrogen-bond donors (Lipinski definition) is 0. The van der Waals surface area contributed by atoms with Crippen LogP contribution in [0.5, 0.6) is 0 Å². The maximum atomic E-state index is 13.7. The highest BCUT2D eigenvalue weighted by Crippen LogP contribution is 2.41. The van der Waals surface area contributed by atoms with E-state index in [0.29, 0.717) is 10.9 Å². The van der Waals surface area contributed by atoms with Crippen LogP contribution >= 0.6 is 0 Å². The third kappa shape index (κ3) is 1.75. The number of para-hydroxylation sites is 2. The Hall–Kier alpha value is -2.76. The maximum Gasteiger partial charge on any atom is 0.419 e. The molecule has 0 N–H and O–H groups in total. The van der Waals surface area contributed by atoms with Crippen molar-refractivity contribution >= 4 is 27.3 Å². The molecule has 0 saturated carbocycles. The van der Waals surface area contributed by atoms with Gasteiger partial charge in [-0.15, -0.1) is 0 Å². The molecule has 6 heteroatoms. The number of nitrogens with zero attached hydrogens (tertiary/aromatic N) is 2. The molecule has 4 aromatic rings. The molecule has 4 rings (SSSR count). The Labute approximate surface area is 128 Å². The molecule has 0 aliphatic carbocycles. The summed E-state index contributed by atoms with van der Waals surface area (Å²) in [5, 5.41) is 0.437. The van der Waals surface area contributed by atoms with Crippen LogP contribution in [0.3, 0.4) is 0 Å². The molecule has 0 bridgehead atoms. The van der Waals surface area contributed by atoms with Crippen LogP contribution in [-0.4, -0.2) is 8.97 Å². The van der Waals surface area contributed by atoms with E-state index in [1.165, 1.54) is 16.7 Å². The van der Waals surface area contributed by atoms with Crippen molar-refractivity contribution < 1.29 is 13.2 Å². The van der Waals surface area contributed by atoms with Gasteiger partial charge in [0.05, 0.1) is 22.1 Å². The van der Waals surface area contributed by atoms with Gasteiger partial charge in [0.1, 0.15) is 0 Å². The quantitative estimate of drug-likeness (QED) is 0.482. The zero-order valence-corrected chi connectivity index (χ0v) is 12.1. The van der Waals surface area contributed by atoms with Gasteiger partial charge in [0.15, 0.2) is 0 Å². The van der Waals surface area contributed by atoms with E-state index in [-0.39, 0.29) is 16.4 Å². The molecule has 0 amide bonds. The minimum Gasteiger partial charge on any atom is -0.296 e. The van der Waals surface area contributed by atoms with E-state index in [1.807, 2.05) is 0 Å². The van der Waals surface area contributed by atoms with Gasteiger partial charge < -0.3 is 0 Å². The molecule has 0 spiro atoms. The average Bonchev–Trinajstić information content (AvgIpc) is 2.88. The van der Waals surface area contributed by atoms with Crippen LogP contribution in [-0.2, 0) is 13.2 Å². The van der Waals surface area contributed by atoms with Crippen molar-refractivity contribution in [2.75, 3.05) is 0 Å². The third-order valence-electron chi connectivity index (χ3n) is 4.16. The Balaban J connectivity index is 2.48. The highest BCUT2D eigenvalue weighted by molar-refractivity contribution is 6.04. The molecule has 0 aliphatic rings. The summed E-state index contributed by atoms with van der Waals surface area (Å²) in [5.41, 5.74) is -0.607. The number of hydrogen-bond acceptors (Lipinski definition) is 1. The first kappa shape index (κ1) is 13.9. The number of benzene rings is 2. The van der Waals surface area contributed by atoms with Gasteiger partial charge in [0.25, 0.3) is 0 Å². The van der Waals surface area contributed by atoms with Crippen LogP contribution in [0, 0.1) is 0 Å². The van der Waals surface area contributed by atoms with E-state index in [4.69, 9.17) is 0 Å². The van der Waals surface area contributed by atoms with Crippen LogP contribution in [0.2, 0.25) is 0 Å². The predicted octanol–water partition coefficient (Wildman–Crippen LogP) is 3.96. The van der Waals surface area contributed by atoms with Crippen LogP contribution in [0.1, 0.15) is 5.56 Å². The molecule has 3 nitrogen and oxygen atoms in total. The summed E-state index contributed by atoms with van der Waals surface area (Å²) in [6, 6.07) is 12.7. The van der Waals surface area contributed by atoms with Gasteiger partial charge in [-0.25, -0.2) is 4.79 Å². The van der Waals surface area contributed by atoms with Gasteiger partial charge in [-0.3, -0.25) is 8.97 Å². The van der Waals surface area contributed by atoms with Crippen LogP contribution in [0.4, 0.5) is 13.2 Å². The summed E-state index contributed by atoms with van der Waals surface area (Å²) >= 11 is 0. The largest absolute Gasteiger partial charge is 0.419 e. The Bertz CT molecular complexity index is 1140. The van der Waals surface area contributed by atoms with Gasteiger partial charge in [0, 0.05) is 17.8 Å². The Morgan fingerprint density at radius 1 is 0.870 bits per heavy atom. The van der Waals surface area contributed by atoms with Gasteiger partial charge in [0.2, 0.25) is 0 Å². The topological polar surface area (TPSA) is 26.4 Å².